The lowest BCUT2D eigenvalue weighted by Gasteiger charge is -2.07. The number of anilines is 1. The van der Waals surface area contributed by atoms with Crippen LogP contribution in [0.15, 0.2) is 53.6 Å². The fraction of sp³-hybridized carbons (Fsp3) is 0. The van der Waals surface area contributed by atoms with E-state index in [1.807, 2.05) is 0 Å². The number of rotatable bonds is 2. The van der Waals surface area contributed by atoms with Gasteiger partial charge in [-0.3, -0.25) is 14.0 Å². The van der Waals surface area contributed by atoms with E-state index in [0.29, 0.717) is 5.65 Å². The maximum atomic E-state index is 13.5. The highest BCUT2D eigenvalue weighted by atomic mass is 19.1. The molecule has 0 saturated heterocycles. The smallest absolute Gasteiger partial charge is 0.270 e. The van der Waals surface area contributed by atoms with E-state index in [9.17, 15) is 18.4 Å². The highest BCUT2D eigenvalue weighted by Gasteiger charge is 2.15. The van der Waals surface area contributed by atoms with Gasteiger partial charge in [-0.05, 0) is 24.3 Å². The molecule has 1 amide bonds. The van der Waals surface area contributed by atoms with Crippen LogP contribution >= 0.6 is 0 Å². The lowest BCUT2D eigenvalue weighted by Crippen LogP contribution is -2.26. The predicted molar refractivity (Wildman–Crippen MR) is 75.8 cm³/mol. The van der Waals surface area contributed by atoms with Gasteiger partial charge in [-0.2, -0.15) is 0 Å². The third kappa shape index (κ3) is 2.44. The Labute approximate surface area is 122 Å². The molecule has 0 aliphatic heterocycles. The summed E-state index contributed by atoms with van der Waals surface area (Å²) in [4.78, 5) is 28.3. The normalized spacial score (nSPS) is 10.6. The highest BCUT2D eigenvalue weighted by Crippen LogP contribution is 2.15. The minimum Gasteiger partial charge on any atom is -0.319 e. The van der Waals surface area contributed by atoms with Gasteiger partial charge in [-0.25, -0.2) is 13.8 Å². The summed E-state index contributed by atoms with van der Waals surface area (Å²) in [7, 11) is 0. The van der Waals surface area contributed by atoms with Gasteiger partial charge in [0.25, 0.3) is 11.5 Å². The van der Waals surface area contributed by atoms with E-state index in [1.165, 1.54) is 10.6 Å². The molecule has 3 rings (SSSR count). The minimum atomic E-state index is -0.861. The minimum absolute atomic E-state index is 0.271. The summed E-state index contributed by atoms with van der Waals surface area (Å²) in [6, 6.07) is 7.57. The number of benzene rings is 1. The number of halogens is 2. The van der Waals surface area contributed by atoms with E-state index < -0.39 is 23.1 Å². The number of hydrogen-bond donors (Lipinski definition) is 1. The van der Waals surface area contributed by atoms with Gasteiger partial charge >= 0.3 is 0 Å². The van der Waals surface area contributed by atoms with Gasteiger partial charge in [-0.15, -0.1) is 0 Å². The van der Waals surface area contributed by atoms with Crippen molar-refractivity contribution in [3.05, 3.63) is 76.3 Å². The summed E-state index contributed by atoms with van der Waals surface area (Å²) < 4.78 is 27.8. The van der Waals surface area contributed by atoms with E-state index in [1.54, 1.807) is 18.2 Å². The second kappa shape index (κ2) is 5.36. The summed E-state index contributed by atoms with van der Waals surface area (Å²) in [5.74, 6) is -2.37. The second-order valence-electron chi connectivity index (χ2n) is 4.48. The average molecular weight is 301 g/mol. The Bertz CT molecular complexity index is 937. The number of nitrogens with one attached hydrogen (secondary N) is 1. The van der Waals surface area contributed by atoms with Crippen LogP contribution in [0.4, 0.5) is 14.5 Å². The molecule has 0 fully saturated rings. The highest BCUT2D eigenvalue weighted by molar-refractivity contribution is 6.04. The Balaban J connectivity index is 2.01. The number of fused-ring (bicyclic) bond motifs is 1. The number of carbonyl (C=O) groups is 1. The summed E-state index contributed by atoms with van der Waals surface area (Å²) >= 11 is 0. The molecule has 0 unspecified atom stereocenters. The topological polar surface area (TPSA) is 63.5 Å². The maximum absolute atomic E-state index is 13.5. The van der Waals surface area contributed by atoms with Gasteiger partial charge in [0.15, 0.2) is 0 Å². The average Bonchev–Trinajstić information content (AvgIpc) is 2.51. The number of aromatic nitrogens is 2. The molecule has 110 valence electrons. The molecule has 5 nitrogen and oxygen atoms in total. The van der Waals surface area contributed by atoms with E-state index in [4.69, 9.17) is 0 Å². The Morgan fingerprint density at radius 3 is 2.82 bits per heavy atom. The first-order valence-corrected chi connectivity index (χ1v) is 6.29. The van der Waals surface area contributed by atoms with Crippen LogP contribution in [0.2, 0.25) is 0 Å². The van der Waals surface area contributed by atoms with Crippen molar-refractivity contribution in [1.29, 1.82) is 0 Å². The zero-order valence-corrected chi connectivity index (χ0v) is 11.1. The molecule has 1 aromatic carbocycles. The zero-order chi connectivity index (χ0) is 15.7. The molecule has 0 saturated carbocycles. The summed E-state index contributed by atoms with van der Waals surface area (Å²) in [6.45, 7) is 0. The molecule has 0 atom stereocenters. The molecule has 1 N–H and O–H groups in total. The number of amides is 1. The van der Waals surface area contributed by atoms with Gasteiger partial charge in [0.05, 0.1) is 5.69 Å². The van der Waals surface area contributed by atoms with Gasteiger partial charge < -0.3 is 5.32 Å². The summed E-state index contributed by atoms with van der Waals surface area (Å²) in [5.41, 5.74) is -0.837. The quantitative estimate of drug-likeness (QED) is 0.789. The van der Waals surface area contributed by atoms with Crippen LogP contribution in [0.5, 0.6) is 0 Å². The van der Waals surface area contributed by atoms with Gasteiger partial charge in [0.1, 0.15) is 22.8 Å². The first-order valence-electron chi connectivity index (χ1n) is 6.29. The van der Waals surface area contributed by atoms with Crippen LogP contribution < -0.4 is 10.9 Å². The van der Waals surface area contributed by atoms with Crippen LogP contribution in [0.3, 0.4) is 0 Å². The van der Waals surface area contributed by atoms with Crippen molar-refractivity contribution in [2.75, 3.05) is 5.32 Å². The first-order chi connectivity index (χ1) is 10.6. The molecule has 3 aromatic rings. The molecule has 22 heavy (non-hydrogen) atoms. The van der Waals surface area contributed by atoms with E-state index >= 15 is 0 Å². The first kappa shape index (κ1) is 13.9. The van der Waals surface area contributed by atoms with E-state index in [0.717, 1.165) is 24.4 Å². The monoisotopic (exact) mass is 301 g/mol. The summed E-state index contributed by atoms with van der Waals surface area (Å²) in [5, 5.41) is 2.17. The lowest BCUT2D eigenvalue weighted by molar-refractivity contribution is 0.102. The van der Waals surface area contributed by atoms with Crippen LogP contribution in [0.25, 0.3) is 5.65 Å². The van der Waals surface area contributed by atoms with E-state index in [2.05, 4.69) is 10.3 Å². The Morgan fingerprint density at radius 1 is 1.18 bits per heavy atom. The molecule has 2 heterocycles. The lowest BCUT2D eigenvalue weighted by atomic mass is 10.2. The molecular weight excluding hydrogens is 292 g/mol. The molecule has 7 heteroatoms. The maximum Gasteiger partial charge on any atom is 0.270 e. The number of pyridine rings is 1. The molecule has 0 aliphatic rings. The summed E-state index contributed by atoms with van der Waals surface area (Å²) in [6.07, 6.45) is 2.56. The third-order valence-corrected chi connectivity index (χ3v) is 3.03. The molecule has 0 spiro atoms. The number of hydrogen-bond acceptors (Lipinski definition) is 3. The molecule has 2 aromatic heterocycles. The number of carbonyl (C=O) groups excluding carboxylic acids is 1. The van der Waals surface area contributed by atoms with Crippen molar-refractivity contribution in [3.8, 4) is 0 Å². The molecular formula is C15H9F2N3O2. The largest absolute Gasteiger partial charge is 0.319 e. The van der Waals surface area contributed by atoms with Crippen molar-refractivity contribution in [2.45, 2.75) is 0 Å². The fourth-order valence-corrected chi connectivity index (χ4v) is 1.97. The van der Waals surface area contributed by atoms with Crippen molar-refractivity contribution in [1.82, 2.24) is 9.38 Å². The van der Waals surface area contributed by atoms with Crippen LogP contribution in [0, 0.1) is 11.6 Å². The van der Waals surface area contributed by atoms with Crippen LogP contribution in [-0.4, -0.2) is 15.3 Å². The van der Waals surface area contributed by atoms with Gasteiger partial charge in [0, 0.05) is 18.5 Å². The molecule has 0 radical (unpaired) electrons. The van der Waals surface area contributed by atoms with E-state index in [-0.39, 0.29) is 11.3 Å². The Kier molecular flexibility index (Phi) is 3.38. The molecule has 0 bridgehead atoms. The predicted octanol–water partition coefficient (Wildman–Crippen LogP) is 2.22. The number of nitrogens with zero attached hydrogens (tertiary/aromatic N) is 2. The SMILES string of the molecule is O=C(Nc1cc(F)ccc1F)c1cnc2ccccn2c1=O. The third-order valence-electron chi connectivity index (χ3n) is 3.03. The zero-order valence-electron chi connectivity index (χ0n) is 11.1. The van der Waals surface area contributed by atoms with Gasteiger partial charge in [-0.1, -0.05) is 6.07 Å². The van der Waals surface area contributed by atoms with Gasteiger partial charge in [0.2, 0.25) is 0 Å². The Morgan fingerprint density at radius 2 is 2.00 bits per heavy atom. The van der Waals surface area contributed by atoms with Crippen molar-refractivity contribution in [3.63, 3.8) is 0 Å². The fourth-order valence-electron chi connectivity index (χ4n) is 1.97. The molecule has 0 aliphatic carbocycles. The van der Waals surface area contributed by atoms with Crippen molar-refractivity contribution < 1.29 is 13.6 Å². The van der Waals surface area contributed by atoms with Crippen molar-refractivity contribution in [2.24, 2.45) is 0 Å². The Hall–Kier alpha value is -3.09. The standard InChI is InChI=1S/C15H9F2N3O2/c16-9-4-5-11(17)12(7-9)19-14(21)10-8-18-13-3-1-2-6-20(13)15(10)22/h1-8H,(H,19,21). The van der Waals surface area contributed by atoms with Crippen LogP contribution in [-0.2, 0) is 0 Å². The second-order valence-corrected chi connectivity index (χ2v) is 4.48. The van der Waals surface area contributed by atoms with Crippen molar-refractivity contribution >= 4 is 17.2 Å². The van der Waals surface area contributed by atoms with Crippen LogP contribution in [0.1, 0.15) is 10.4 Å².